The van der Waals surface area contributed by atoms with Gasteiger partial charge in [-0.1, -0.05) is 31.2 Å². The molecule has 2 heterocycles. The van der Waals surface area contributed by atoms with E-state index in [4.69, 9.17) is 0 Å². The summed E-state index contributed by atoms with van der Waals surface area (Å²) in [5, 5.41) is 2.65. The van der Waals surface area contributed by atoms with Gasteiger partial charge in [0, 0.05) is 25.8 Å². The highest BCUT2D eigenvalue weighted by Crippen LogP contribution is 2.26. The highest BCUT2D eigenvalue weighted by molar-refractivity contribution is 5.75. The minimum atomic E-state index is -4.75. The van der Waals surface area contributed by atoms with Crippen LogP contribution in [0.25, 0.3) is 0 Å². The number of alkyl halides is 3. The average molecular weight is 421 g/mol. The van der Waals surface area contributed by atoms with E-state index in [0.29, 0.717) is 6.07 Å². The lowest BCUT2D eigenvalue weighted by Gasteiger charge is -2.30. The Hall–Kier alpha value is -2.61. The largest absolute Gasteiger partial charge is 0.421 e. The molecule has 1 aliphatic rings. The maximum Gasteiger partial charge on any atom is 0.421 e. The molecule has 8 heteroatoms. The van der Waals surface area contributed by atoms with E-state index in [1.807, 2.05) is 24.3 Å². The Morgan fingerprint density at radius 2 is 1.87 bits per heavy atom. The van der Waals surface area contributed by atoms with Crippen molar-refractivity contribution in [2.45, 2.75) is 45.6 Å². The third-order valence-corrected chi connectivity index (χ3v) is 5.30. The van der Waals surface area contributed by atoms with Crippen LogP contribution >= 0.6 is 0 Å². The fourth-order valence-corrected chi connectivity index (χ4v) is 3.74. The lowest BCUT2D eigenvalue weighted by atomic mass is 9.99. The maximum atomic E-state index is 12.8. The Morgan fingerprint density at radius 1 is 1.17 bits per heavy atom. The molecule has 5 nitrogen and oxygen atoms in total. The second-order valence-electron chi connectivity index (χ2n) is 7.93. The fraction of sp³-hybridized carbons (Fsp3) is 0.455. The van der Waals surface area contributed by atoms with Crippen molar-refractivity contribution in [1.29, 1.82) is 0 Å². The molecule has 1 N–H and O–H groups in total. The molecule has 30 heavy (non-hydrogen) atoms. The number of carbonyl (C=O) groups is 1. The first kappa shape index (κ1) is 22.1. The Labute approximate surface area is 173 Å². The van der Waals surface area contributed by atoms with Crippen molar-refractivity contribution in [3.05, 3.63) is 69.6 Å². The van der Waals surface area contributed by atoms with Crippen molar-refractivity contribution in [1.82, 2.24) is 14.8 Å². The average Bonchev–Trinajstić information content (AvgIpc) is 2.68. The van der Waals surface area contributed by atoms with Gasteiger partial charge in [-0.3, -0.25) is 14.5 Å². The molecular weight excluding hydrogens is 395 g/mol. The number of halogens is 3. The van der Waals surface area contributed by atoms with Crippen LogP contribution in [0, 0.1) is 5.92 Å². The number of hydrogen-bond donors (Lipinski definition) is 1. The molecule has 1 aliphatic heterocycles. The minimum Gasteiger partial charge on any atom is -0.350 e. The van der Waals surface area contributed by atoms with Gasteiger partial charge in [-0.25, -0.2) is 0 Å². The van der Waals surface area contributed by atoms with Gasteiger partial charge in [-0.05, 0) is 48.6 Å². The zero-order chi connectivity index (χ0) is 21.7. The fourth-order valence-electron chi connectivity index (χ4n) is 3.74. The zero-order valence-corrected chi connectivity index (χ0v) is 16.9. The first-order chi connectivity index (χ1) is 14.2. The van der Waals surface area contributed by atoms with Crippen LogP contribution in [0.3, 0.4) is 0 Å². The van der Waals surface area contributed by atoms with Crippen LogP contribution in [-0.4, -0.2) is 28.5 Å². The predicted octanol–water partition coefficient (Wildman–Crippen LogP) is 3.42. The molecule has 1 aromatic heterocycles. The number of nitrogens with zero attached hydrogens (tertiary/aromatic N) is 2. The van der Waals surface area contributed by atoms with Gasteiger partial charge in [0.25, 0.3) is 5.56 Å². The number of piperidine rings is 1. The van der Waals surface area contributed by atoms with Gasteiger partial charge in [0.1, 0.15) is 12.1 Å². The minimum absolute atomic E-state index is 0.244. The van der Waals surface area contributed by atoms with E-state index in [2.05, 4.69) is 17.1 Å². The molecule has 3 rings (SSSR count). The smallest absolute Gasteiger partial charge is 0.350 e. The molecule has 0 unspecified atom stereocenters. The van der Waals surface area contributed by atoms with Crippen LogP contribution in [-0.2, 0) is 30.6 Å². The SMILES string of the molecule is C[C@@H]1CCCN(Cc2ccc(CNC(=O)Cn3cccc(C(F)(F)F)c3=O)cc2)C1. The number of hydrogen-bond acceptors (Lipinski definition) is 3. The molecule has 1 atom stereocenters. The summed E-state index contributed by atoms with van der Waals surface area (Å²) in [4.78, 5) is 26.4. The third-order valence-electron chi connectivity index (χ3n) is 5.30. The van der Waals surface area contributed by atoms with Gasteiger partial charge >= 0.3 is 6.18 Å². The molecule has 0 spiro atoms. The second kappa shape index (κ2) is 9.47. The Balaban J connectivity index is 1.52. The van der Waals surface area contributed by atoms with E-state index in [1.165, 1.54) is 24.6 Å². The van der Waals surface area contributed by atoms with Gasteiger partial charge in [0.15, 0.2) is 0 Å². The van der Waals surface area contributed by atoms with Crippen molar-refractivity contribution in [2.75, 3.05) is 13.1 Å². The van der Waals surface area contributed by atoms with Gasteiger partial charge in [-0.15, -0.1) is 0 Å². The van der Waals surface area contributed by atoms with E-state index in [9.17, 15) is 22.8 Å². The molecule has 1 aromatic carbocycles. The van der Waals surface area contributed by atoms with Crippen molar-refractivity contribution >= 4 is 5.91 Å². The van der Waals surface area contributed by atoms with E-state index in [1.54, 1.807) is 0 Å². The van der Waals surface area contributed by atoms with Gasteiger partial charge in [0.2, 0.25) is 5.91 Å². The van der Waals surface area contributed by atoms with E-state index < -0.39 is 29.8 Å². The molecule has 2 aromatic rings. The second-order valence-corrected chi connectivity index (χ2v) is 7.93. The van der Waals surface area contributed by atoms with Crippen molar-refractivity contribution < 1.29 is 18.0 Å². The predicted molar refractivity (Wildman–Crippen MR) is 108 cm³/mol. The molecule has 162 valence electrons. The lowest BCUT2D eigenvalue weighted by Crippen LogP contribution is -2.34. The van der Waals surface area contributed by atoms with Crippen molar-refractivity contribution in [2.24, 2.45) is 5.92 Å². The first-order valence-electron chi connectivity index (χ1n) is 10.1. The van der Waals surface area contributed by atoms with Gasteiger partial charge < -0.3 is 9.88 Å². The number of carbonyl (C=O) groups excluding carboxylic acids is 1. The first-order valence-corrected chi connectivity index (χ1v) is 10.1. The molecule has 0 aliphatic carbocycles. The highest BCUT2D eigenvalue weighted by atomic mass is 19.4. The van der Waals surface area contributed by atoms with Crippen LogP contribution in [0.1, 0.15) is 36.5 Å². The summed E-state index contributed by atoms with van der Waals surface area (Å²) in [5.74, 6) is 0.195. The van der Waals surface area contributed by atoms with E-state index in [-0.39, 0.29) is 6.54 Å². The van der Waals surface area contributed by atoms with Gasteiger partial charge in [-0.2, -0.15) is 13.2 Å². The molecule has 1 saturated heterocycles. The number of aromatic nitrogens is 1. The summed E-state index contributed by atoms with van der Waals surface area (Å²) in [6, 6.07) is 9.73. The van der Waals surface area contributed by atoms with E-state index >= 15 is 0 Å². The van der Waals surface area contributed by atoms with Crippen LogP contribution in [0.4, 0.5) is 13.2 Å². The number of pyridine rings is 1. The Kier molecular flexibility index (Phi) is 6.97. The van der Waals surface area contributed by atoms with E-state index in [0.717, 1.165) is 41.7 Å². The Bertz CT molecular complexity index is 922. The number of nitrogens with one attached hydrogen (secondary N) is 1. The summed E-state index contributed by atoms with van der Waals surface area (Å²) in [6.07, 6.45) is -1.07. The number of amides is 1. The third kappa shape index (κ3) is 5.95. The molecule has 0 saturated carbocycles. The topological polar surface area (TPSA) is 54.3 Å². The molecule has 1 amide bonds. The summed E-state index contributed by atoms with van der Waals surface area (Å²) in [7, 11) is 0. The maximum absolute atomic E-state index is 12.8. The molecule has 1 fully saturated rings. The number of benzene rings is 1. The van der Waals surface area contributed by atoms with Gasteiger partial charge in [0.05, 0.1) is 0 Å². The summed E-state index contributed by atoms with van der Waals surface area (Å²) >= 11 is 0. The molecule has 0 bridgehead atoms. The summed E-state index contributed by atoms with van der Waals surface area (Å²) in [6.45, 7) is 5.16. The Morgan fingerprint density at radius 3 is 2.53 bits per heavy atom. The normalized spacial score (nSPS) is 17.7. The van der Waals surface area contributed by atoms with Crippen molar-refractivity contribution in [3.8, 4) is 0 Å². The molecule has 0 radical (unpaired) electrons. The lowest BCUT2D eigenvalue weighted by molar-refractivity contribution is -0.139. The number of rotatable bonds is 6. The van der Waals surface area contributed by atoms with Crippen LogP contribution in [0.2, 0.25) is 0 Å². The molecular formula is C22H26F3N3O2. The quantitative estimate of drug-likeness (QED) is 0.778. The summed E-state index contributed by atoms with van der Waals surface area (Å²) < 4.78 is 39.2. The standard InChI is InChI=1S/C22H26F3N3O2/c1-16-4-2-10-27(13-16)14-18-8-6-17(7-9-18)12-26-20(29)15-28-11-3-5-19(21(28)30)22(23,24)25/h3,5-9,11,16H,2,4,10,12-15H2,1H3,(H,26,29)/t16-/m1/s1. The summed E-state index contributed by atoms with van der Waals surface area (Å²) in [5.41, 5.74) is -0.418. The monoisotopic (exact) mass is 421 g/mol. The number of likely N-dealkylation sites (tertiary alicyclic amines) is 1. The zero-order valence-electron chi connectivity index (χ0n) is 16.9. The van der Waals surface area contributed by atoms with Crippen LogP contribution in [0.15, 0.2) is 47.4 Å². The van der Waals surface area contributed by atoms with Crippen LogP contribution in [0.5, 0.6) is 0 Å². The van der Waals surface area contributed by atoms with Crippen molar-refractivity contribution in [3.63, 3.8) is 0 Å². The van der Waals surface area contributed by atoms with Crippen LogP contribution < -0.4 is 10.9 Å². The highest BCUT2D eigenvalue weighted by Gasteiger charge is 2.34.